The predicted octanol–water partition coefficient (Wildman–Crippen LogP) is 5.06. The summed E-state index contributed by atoms with van der Waals surface area (Å²) in [5.74, 6) is 2.62. The second kappa shape index (κ2) is 18.1. The van der Waals surface area contributed by atoms with Crippen molar-refractivity contribution in [3.8, 4) is 12.3 Å². The maximum absolute atomic E-state index is 5.50. The number of hydrogen-bond donors (Lipinski definition) is 0. The van der Waals surface area contributed by atoms with Crippen LogP contribution < -0.4 is 0 Å². The SMILES string of the molecule is C#CCCCCOCc1ccccc1.CC.CC. The fraction of sp³-hybridized carbons (Fsp3) is 0.529. The summed E-state index contributed by atoms with van der Waals surface area (Å²) in [6.45, 7) is 9.51. The first-order valence-electron chi connectivity index (χ1n) is 6.98. The van der Waals surface area contributed by atoms with Gasteiger partial charge in [0, 0.05) is 13.0 Å². The summed E-state index contributed by atoms with van der Waals surface area (Å²) in [5, 5.41) is 0. The first kappa shape index (κ1) is 19.1. The van der Waals surface area contributed by atoms with Crippen LogP contribution in [0.4, 0.5) is 0 Å². The molecule has 0 atom stereocenters. The summed E-state index contributed by atoms with van der Waals surface area (Å²) < 4.78 is 5.50. The Hall–Kier alpha value is -1.26. The Kier molecular flexibility index (Phi) is 19.2. The highest BCUT2D eigenvalue weighted by atomic mass is 16.5. The van der Waals surface area contributed by atoms with E-state index < -0.39 is 0 Å². The molecule has 102 valence electrons. The Morgan fingerprint density at radius 1 is 1.00 bits per heavy atom. The molecule has 1 aromatic rings. The van der Waals surface area contributed by atoms with Gasteiger partial charge in [-0.25, -0.2) is 0 Å². The molecule has 18 heavy (non-hydrogen) atoms. The molecule has 0 N–H and O–H groups in total. The van der Waals surface area contributed by atoms with E-state index >= 15 is 0 Å². The van der Waals surface area contributed by atoms with Crippen molar-refractivity contribution in [2.24, 2.45) is 0 Å². The summed E-state index contributed by atoms with van der Waals surface area (Å²) in [7, 11) is 0. The topological polar surface area (TPSA) is 9.23 Å². The van der Waals surface area contributed by atoms with Crippen LogP contribution in [0, 0.1) is 12.3 Å². The smallest absolute Gasteiger partial charge is 0.0716 e. The van der Waals surface area contributed by atoms with Crippen LogP contribution in [0.5, 0.6) is 0 Å². The van der Waals surface area contributed by atoms with Gasteiger partial charge in [-0.3, -0.25) is 0 Å². The third-order valence-corrected chi connectivity index (χ3v) is 1.97. The van der Waals surface area contributed by atoms with Crippen molar-refractivity contribution in [3.05, 3.63) is 35.9 Å². The highest BCUT2D eigenvalue weighted by Gasteiger charge is 1.91. The number of ether oxygens (including phenoxy) is 1. The van der Waals surface area contributed by atoms with Gasteiger partial charge in [-0.1, -0.05) is 58.0 Å². The molecule has 0 spiro atoms. The maximum Gasteiger partial charge on any atom is 0.0716 e. The summed E-state index contributed by atoms with van der Waals surface area (Å²) in [6.07, 6.45) is 8.11. The van der Waals surface area contributed by atoms with Gasteiger partial charge in [-0.2, -0.15) is 0 Å². The van der Waals surface area contributed by atoms with E-state index in [9.17, 15) is 0 Å². The average molecular weight is 248 g/mol. The number of terminal acetylenes is 1. The van der Waals surface area contributed by atoms with Crippen molar-refractivity contribution in [2.75, 3.05) is 6.61 Å². The van der Waals surface area contributed by atoms with Crippen molar-refractivity contribution >= 4 is 0 Å². The van der Waals surface area contributed by atoms with E-state index in [1.54, 1.807) is 0 Å². The minimum absolute atomic E-state index is 0.705. The van der Waals surface area contributed by atoms with Gasteiger partial charge < -0.3 is 4.74 Å². The lowest BCUT2D eigenvalue weighted by Gasteiger charge is -2.02. The van der Waals surface area contributed by atoms with E-state index in [2.05, 4.69) is 18.1 Å². The van der Waals surface area contributed by atoms with Gasteiger partial charge in [0.1, 0.15) is 0 Å². The van der Waals surface area contributed by atoms with Gasteiger partial charge in [-0.05, 0) is 18.4 Å². The fourth-order valence-electron chi connectivity index (χ4n) is 1.20. The standard InChI is InChI=1S/C13H16O.2C2H6/c1-2-3-4-8-11-14-12-13-9-6-5-7-10-13;2*1-2/h1,5-7,9-10H,3-4,8,11-12H2;2*1-2H3. The van der Waals surface area contributed by atoms with Crippen molar-refractivity contribution in [2.45, 2.75) is 53.6 Å². The largest absolute Gasteiger partial charge is 0.377 e. The van der Waals surface area contributed by atoms with Crippen LogP contribution >= 0.6 is 0 Å². The highest BCUT2D eigenvalue weighted by Crippen LogP contribution is 2.02. The first-order valence-corrected chi connectivity index (χ1v) is 6.98. The van der Waals surface area contributed by atoms with Gasteiger partial charge in [0.15, 0.2) is 0 Å². The van der Waals surface area contributed by atoms with Crippen LogP contribution in [0.1, 0.15) is 52.5 Å². The Morgan fingerprint density at radius 3 is 2.17 bits per heavy atom. The maximum atomic E-state index is 5.50. The van der Waals surface area contributed by atoms with E-state index in [1.165, 1.54) is 5.56 Å². The minimum atomic E-state index is 0.705. The molecule has 0 amide bonds. The Balaban J connectivity index is 0. The van der Waals surface area contributed by atoms with Crippen molar-refractivity contribution in [3.63, 3.8) is 0 Å². The van der Waals surface area contributed by atoms with Crippen LogP contribution in [-0.4, -0.2) is 6.61 Å². The molecule has 0 radical (unpaired) electrons. The van der Waals surface area contributed by atoms with E-state index in [0.717, 1.165) is 25.9 Å². The molecule has 0 aliphatic rings. The Morgan fingerprint density at radius 2 is 1.61 bits per heavy atom. The third-order valence-electron chi connectivity index (χ3n) is 1.97. The molecule has 0 saturated heterocycles. The Bertz CT molecular complexity index is 271. The fourth-order valence-corrected chi connectivity index (χ4v) is 1.20. The molecule has 0 aromatic heterocycles. The lowest BCUT2D eigenvalue weighted by atomic mass is 10.2. The van der Waals surface area contributed by atoms with Gasteiger partial charge in [0.05, 0.1) is 6.61 Å². The Labute approximate surface area is 114 Å². The van der Waals surface area contributed by atoms with E-state index in [0.29, 0.717) is 6.61 Å². The quantitative estimate of drug-likeness (QED) is 0.505. The molecule has 0 aliphatic carbocycles. The van der Waals surface area contributed by atoms with Crippen LogP contribution in [0.2, 0.25) is 0 Å². The molecule has 0 fully saturated rings. The van der Waals surface area contributed by atoms with Crippen molar-refractivity contribution < 1.29 is 4.74 Å². The molecule has 0 heterocycles. The summed E-state index contributed by atoms with van der Waals surface area (Å²) >= 11 is 0. The van der Waals surface area contributed by atoms with Crippen LogP contribution in [0.25, 0.3) is 0 Å². The van der Waals surface area contributed by atoms with E-state index in [-0.39, 0.29) is 0 Å². The molecule has 1 aromatic carbocycles. The molecule has 1 heteroatoms. The average Bonchev–Trinajstić information content (AvgIpc) is 2.48. The molecule has 0 saturated carbocycles. The van der Waals surface area contributed by atoms with Crippen LogP contribution in [-0.2, 0) is 11.3 Å². The second-order valence-corrected chi connectivity index (χ2v) is 3.20. The first-order chi connectivity index (χ1) is 8.93. The highest BCUT2D eigenvalue weighted by molar-refractivity contribution is 5.13. The van der Waals surface area contributed by atoms with Crippen molar-refractivity contribution in [1.82, 2.24) is 0 Å². The molecule has 1 nitrogen and oxygen atoms in total. The molecule has 0 unspecified atom stereocenters. The third kappa shape index (κ3) is 12.8. The monoisotopic (exact) mass is 248 g/mol. The number of hydrogen-bond acceptors (Lipinski definition) is 1. The summed E-state index contributed by atoms with van der Waals surface area (Å²) in [5.41, 5.74) is 1.23. The van der Waals surface area contributed by atoms with Crippen LogP contribution in [0.15, 0.2) is 30.3 Å². The van der Waals surface area contributed by atoms with E-state index in [4.69, 9.17) is 11.2 Å². The van der Waals surface area contributed by atoms with Gasteiger partial charge in [0.2, 0.25) is 0 Å². The number of unbranched alkanes of at least 4 members (excludes halogenated alkanes) is 2. The van der Waals surface area contributed by atoms with Crippen LogP contribution in [0.3, 0.4) is 0 Å². The van der Waals surface area contributed by atoms with Gasteiger partial charge in [0.25, 0.3) is 0 Å². The lowest BCUT2D eigenvalue weighted by Crippen LogP contribution is -1.94. The summed E-state index contributed by atoms with van der Waals surface area (Å²) in [6, 6.07) is 10.2. The molecular formula is C17H28O. The summed E-state index contributed by atoms with van der Waals surface area (Å²) in [4.78, 5) is 0. The zero-order chi connectivity index (χ0) is 14.1. The minimum Gasteiger partial charge on any atom is -0.377 e. The predicted molar refractivity (Wildman–Crippen MR) is 81.5 cm³/mol. The van der Waals surface area contributed by atoms with Gasteiger partial charge >= 0.3 is 0 Å². The van der Waals surface area contributed by atoms with Gasteiger partial charge in [-0.15, -0.1) is 12.3 Å². The zero-order valence-corrected chi connectivity index (χ0v) is 12.4. The molecule has 0 bridgehead atoms. The number of rotatable bonds is 6. The lowest BCUT2D eigenvalue weighted by molar-refractivity contribution is 0.117. The normalized spacial score (nSPS) is 8.17. The zero-order valence-electron chi connectivity index (χ0n) is 12.4. The molecular weight excluding hydrogens is 220 g/mol. The van der Waals surface area contributed by atoms with E-state index in [1.807, 2.05) is 45.9 Å². The molecule has 0 aliphatic heterocycles. The second-order valence-electron chi connectivity index (χ2n) is 3.20. The van der Waals surface area contributed by atoms with Crippen molar-refractivity contribution in [1.29, 1.82) is 0 Å². The number of benzene rings is 1. The molecule has 1 rings (SSSR count).